The molecule has 1 N–H and O–H groups in total. The third-order valence-corrected chi connectivity index (χ3v) is 1.38. The Bertz CT molecular complexity index is 104. The Morgan fingerprint density at radius 2 is 1.58 bits per heavy atom. The quantitative estimate of drug-likeness (QED) is 0.510. The second kappa shape index (κ2) is 12.8. The van der Waals surface area contributed by atoms with E-state index < -0.39 is 5.97 Å². The van der Waals surface area contributed by atoms with Crippen LogP contribution in [-0.4, -0.2) is 11.1 Å². The number of unbranched alkanes of at least 4 members (excludes halogenated alkanes) is 4. The van der Waals surface area contributed by atoms with Gasteiger partial charge in [0.05, 0.1) is 0 Å². The molecule has 0 aliphatic rings. The minimum atomic E-state index is -0.981. The lowest BCUT2D eigenvalue weighted by atomic mass is 10.2. The molecule has 0 aliphatic carbocycles. The van der Waals surface area contributed by atoms with Crippen molar-refractivity contribution in [2.75, 3.05) is 0 Å². The molecule has 0 aromatic carbocycles. The van der Waals surface area contributed by atoms with E-state index in [0.717, 1.165) is 6.08 Å². The number of rotatable bonds is 5. The minimum absolute atomic E-state index is 0.833. The largest absolute Gasteiger partial charge is 0.478 e. The van der Waals surface area contributed by atoms with E-state index in [-0.39, 0.29) is 0 Å². The molecule has 0 radical (unpaired) electrons. The van der Waals surface area contributed by atoms with E-state index in [9.17, 15) is 4.79 Å². The van der Waals surface area contributed by atoms with Gasteiger partial charge < -0.3 is 5.11 Å². The molecule has 0 unspecified atom stereocenters. The van der Waals surface area contributed by atoms with Gasteiger partial charge in [-0.1, -0.05) is 52.5 Å². The van der Waals surface area contributed by atoms with E-state index in [1.807, 2.05) is 0 Å². The first-order chi connectivity index (χ1) is 5.68. The first kappa shape index (κ1) is 13.8. The molecular weight excluding hydrogens is 152 g/mol. The predicted molar refractivity (Wildman–Crippen MR) is 52.3 cm³/mol. The van der Waals surface area contributed by atoms with Gasteiger partial charge in [-0.3, -0.25) is 0 Å². The Hall–Kier alpha value is -0.790. The maximum absolute atomic E-state index is 9.25. The summed E-state index contributed by atoms with van der Waals surface area (Å²) in [6, 6.07) is 0. The van der Waals surface area contributed by atoms with Crippen molar-refractivity contribution in [3.05, 3.63) is 12.7 Å². The van der Waals surface area contributed by atoms with Crippen molar-refractivity contribution in [2.24, 2.45) is 0 Å². The summed E-state index contributed by atoms with van der Waals surface area (Å²) in [5, 5.41) is 7.60. The van der Waals surface area contributed by atoms with Crippen molar-refractivity contribution in [3.63, 3.8) is 0 Å². The van der Waals surface area contributed by atoms with Crippen molar-refractivity contribution < 1.29 is 9.90 Å². The van der Waals surface area contributed by atoms with Crippen LogP contribution < -0.4 is 0 Å². The molecule has 0 aliphatic heterocycles. The average molecular weight is 172 g/mol. The molecule has 0 fully saturated rings. The summed E-state index contributed by atoms with van der Waals surface area (Å²) in [6.07, 6.45) is 7.84. The summed E-state index contributed by atoms with van der Waals surface area (Å²) in [4.78, 5) is 9.25. The molecule has 72 valence electrons. The number of carboxylic acid groups (broad SMARTS) is 1. The molecule has 0 saturated carbocycles. The zero-order chi connectivity index (χ0) is 9.82. The van der Waals surface area contributed by atoms with Gasteiger partial charge >= 0.3 is 5.97 Å². The lowest BCUT2D eigenvalue weighted by Crippen LogP contribution is -1.82. The maximum atomic E-state index is 9.25. The molecular formula is C10H20O2. The zero-order valence-electron chi connectivity index (χ0n) is 8.18. The van der Waals surface area contributed by atoms with Gasteiger partial charge in [-0.15, -0.1) is 0 Å². The lowest BCUT2D eigenvalue weighted by molar-refractivity contribution is -0.131. The molecule has 0 aromatic heterocycles. The van der Waals surface area contributed by atoms with Gasteiger partial charge in [-0.2, -0.15) is 0 Å². The Balaban J connectivity index is 0. The van der Waals surface area contributed by atoms with E-state index in [1.54, 1.807) is 0 Å². The van der Waals surface area contributed by atoms with E-state index in [2.05, 4.69) is 20.4 Å². The van der Waals surface area contributed by atoms with Gasteiger partial charge in [0.25, 0.3) is 0 Å². The molecule has 2 heteroatoms. The standard InChI is InChI=1S/C7H16.C3H4O2/c1-3-5-7-6-4-2;1-2-3(4)5/h3-7H2,1-2H3;2H,1H2,(H,4,5). The van der Waals surface area contributed by atoms with Crippen molar-refractivity contribution in [2.45, 2.75) is 46.0 Å². The van der Waals surface area contributed by atoms with Crippen LogP contribution in [-0.2, 0) is 4.79 Å². The van der Waals surface area contributed by atoms with E-state index >= 15 is 0 Å². The Labute approximate surface area is 75.3 Å². The number of aliphatic carboxylic acids is 1. The van der Waals surface area contributed by atoms with Crippen LogP contribution in [0.25, 0.3) is 0 Å². The van der Waals surface area contributed by atoms with E-state index in [1.165, 1.54) is 32.1 Å². The Morgan fingerprint density at radius 3 is 1.75 bits per heavy atom. The van der Waals surface area contributed by atoms with E-state index in [0.29, 0.717) is 0 Å². The second-order valence-electron chi connectivity index (χ2n) is 2.60. The lowest BCUT2D eigenvalue weighted by Gasteiger charge is -1.90. The average Bonchev–Trinajstić information content (AvgIpc) is 2.07. The summed E-state index contributed by atoms with van der Waals surface area (Å²) in [7, 11) is 0. The summed E-state index contributed by atoms with van der Waals surface area (Å²) < 4.78 is 0. The molecule has 0 atom stereocenters. The highest BCUT2D eigenvalue weighted by Gasteiger charge is 1.80. The highest BCUT2D eigenvalue weighted by Crippen LogP contribution is 2.00. The Kier molecular flexibility index (Phi) is 14.8. The SMILES string of the molecule is C=CC(=O)O.CCCCCCC. The van der Waals surface area contributed by atoms with Crippen LogP contribution in [0.5, 0.6) is 0 Å². The number of hydrogen-bond acceptors (Lipinski definition) is 1. The fourth-order valence-corrected chi connectivity index (χ4v) is 0.677. The normalized spacial score (nSPS) is 8.17. The van der Waals surface area contributed by atoms with Crippen LogP contribution in [0, 0.1) is 0 Å². The van der Waals surface area contributed by atoms with Crippen molar-refractivity contribution >= 4 is 5.97 Å². The van der Waals surface area contributed by atoms with Crippen LogP contribution in [0.3, 0.4) is 0 Å². The molecule has 0 saturated heterocycles. The van der Waals surface area contributed by atoms with Gasteiger partial charge in [0.1, 0.15) is 0 Å². The van der Waals surface area contributed by atoms with Gasteiger partial charge in [0.15, 0.2) is 0 Å². The van der Waals surface area contributed by atoms with Crippen LogP contribution in [0.15, 0.2) is 12.7 Å². The Morgan fingerprint density at radius 1 is 1.25 bits per heavy atom. The maximum Gasteiger partial charge on any atom is 0.327 e. The van der Waals surface area contributed by atoms with Crippen molar-refractivity contribution in [1.29, 1.82) is 0 Å². The fraction of sp³-hybridized carbons (Fsp3) is 0.700. The number of carboxylic acids is 1. The number of hydrogen-bond donors (Lipinski definition) is 1. The van der Waals surface area contributed by atoms with Crippen molar-refractivity contribution in [3.8, 4) is 0 Å². The highest BCUT2D eigenvalue weighted by atomic mass is 16.4. The minimum Gasteiger partial charge on any atom is -0.478 e. The molecule has 0 aromatic rings. The predicted octanol–water partition coefficient (Wildman–Crippen LogP) is 3.23. The van der Waals surface area contributed by atoms with Crippen molar-refractivity contribution in [1.82, 2.24) is 0 Å². The van der Waals surface area contributed by atoms with Gasteiger partial charge in [0, 0.05) is 6.08 Å². The first-order valence-corrected chi connectivity index (χ1v) is 4.54. The number of carbonyl (C=O) groups is 1. The summed E-state index contributed by atoms with van der Waals surface area (Å²) in [5.41, 5.74) is 0. The van der Waals surface area contributed by atoms with Crippen LogP contribution in [0.1, 0.15) is 46.0 Å². The molecule has 0 heterocycles. The van der Waals surface area contributed by atoms with Gasteiger partial charge in [-0.25, -0.2) is 4.79 Å². The third-order valence-electron chi connectivity index (χ3n) is 1.38. The molecule has 12 heavy (non-hydrogen) atoms. The van der Waals surface area contributed by atoms with Crippen LogP contribution in [0.2, 0.25) is 0 Å². The van der Waals surface area contributed by atoms with Crippen LogP contribution >= 0.6 is 0 Å². The molecule has 0 bridgehead atoms. The topological polar surface area (TPSA) is 37.3 Å². The fourth-order valence-electron chi connectivity index (χ4n) is 0.677. The van der Waals surface area contributed by atoms with Crippen LogP contribution in [0.4, 0.5) is 0 Å². The zero-order valence-corrected chi connectivity index (χ0v) is 8.18. The highest BCUT2D eigenvalue weighted by molar-refractivity contribution is 5.78. The summed E-state index contributed by atoms with van der Waals surface area (Å²) >= 11 is 0. The third kappa shape index (κ3) is 22.9. The second-order valence-corrected chi connectivity index (χ2v) is 2.60. The summed E-state index contributed by atoms with van der Waals surface area (Å²) in [6.45, 7) is 7.45. The van der Waals surface area contributed by atoms with Gasteiger partial charge in [0.2, 0.25) is 0 Å². The smallest absolute Gasteiger partial charge is 0.327 e. The van der Waals surface area contributed by atoms with E-state index in [4.69, 9.17) is 5.11 Å². The molecule has 0 rings (SSSR count). The first-order valence-electron chi connectivity index (χ1n) is 4.54. The van der Waals surface area contributed by atoms with Gasteiger partial charge in [-0.05, 0) is 0 Å². The molecule has 0 amide bonds. The monoisotopic (exact) mass is 172 g/mol. The summed E-state index contributed by atoms with van der Waals surface area (Å²) in [5.74, 6) is -0.981. The molecule has 2 nitrogen and oxygen atoms in total. The molecule has 0 spiro atoms.